The van der Waals surface area contributed by atoms with Crippen LogP contribution in [-0.2, 0) is 15.3 Å². The molecule has 0 aliphatic carbocycles. The fourth-order valence-corrected chi connectivity index (χ4v) is 2.05. The molecule has 0 aromatic heterocycles. The SMILES string of the molecule is CCOc1c(C2(C)OC=CO2)cc(Cl)c(F)c1C=O. The fraction of sp³-hybridized carbons (Fsp3) is 0.308. The normalized spacial score (nSPS) is 15.8. The van der Waals surface area contributed by atoms with Crippen molar-refractivity contribution in [2.24, 2.45) is 0 Å². The molecule has 1 aliphatic rings. The van der Waals surface area contributed by atoms with E-state index < -0.39 is 11.6 Å². The summed E-state index contributed by atoms with van der Waals surface area (Å²) in [5.41, 5.74) is 0.109. The van der Waals surface area contributed by atoms with Crippen LogP contribution in [0.15, 0.2) is 18.6 Å². The summed E-state index contributed by atoms with van der Waals surface area (Å²) in [7, 11) is 0. The highest BCUT2D eigenvalue weighted by Crippen LogP contribution is 2.41. The fourth-order valence-electron chi connectivity index (χ4n) is 1.84. The Morgan fingerprint density at radius 2 is 2.11 bits per heavy atom. The van der Waals surface area contributed by atoms with Crippen molar-refractivity contribution in [2.75, 3.05) is 6.61 Å². The Labute approximate surface area is 114 Å². The van der Waals surface area contributed by atoms with Gasteiger partial charge in [0.25, 0.3) is 5.79 Å². The first-order valence-electron chi connectivity index (χ1n) is 5.64. The maximum atomic E-state index is 13.8. The molecule has 1 heterocycles. The lowest BCUT2D eigenvalue weighted by Gasteiger charge is -2.26. The van der Waals surface area contributed by atoms with Crippen LogP contribution >= 0.6 is 11.6 Å². The van der Waals surface area contributed by atoms with Crippen LogP contribution in [0, 0.1) is 5.82 Å². The van der Waals surface area contributed by atoms with E-state index in [0.717, 1.165) is 0 Å². The molecule has 0 radical (unpaired) electrons. The van der Waals surface area contributed by atoms with Gasteiger partial charge in [0.05, 0.1) is 22.8 Å². The van der Waals surface area contributed by atoms with Crippen molar-refractivity contribution < 1.29 is 23.4 Å². The Bertz CT molecular complexity index is 534. The lowest BCUT2D eigenvalue weighted by atomic mass is 10.0. The smallest absolute Gasteiger partial charge is 0.277 e. The van der Waals surface area contributed by atoms with E-state index in [0.29, 0.717) is 11.8 Å². The summed E-state index contributed by atoms with van der Waals surface area (Å²) < 4.78 is 29.8. The maximum Gasteiger partial charge on any atom is 0.277 e. The second kappa shape index (κ2) is 5.09. The third-order valence-corrected chi connectivity index (χ3v) is 3.02. The molecule has 2 rings (SSSR count). The summed E-state index contributed by atoms with van der Waals surface area (Å²) in [4.78, 5) is 11.1. The molecular weight excluding hydrogens is 275 g/mol. The molecular formula is C13H12ClFO4. The number of ether oxygens (including phenoxy) is 3. The highest BCUT2D eigenvalue weighted by atomic mass is 35.5. The van der Waals surface area contributed by atoms with Gasteiger partial charge in [-0.15, -0.1) is 0 Å². The minimum atomic E-state index is -1.19. The van der Waals surface area contributed by atoms with Crippen molar-refractivity contribution in [2.45, 2.75) is 19.6 Å². The topological polar surface area (TPSA) is 44.8 Å². The zero-order chi connectivity index (χ0) is 14.0. The van der Waals surface area contributed by atoms with Gasteiger partial charge in [0.2, 0.25) is 0 Å². The number of rotatable bonds is 4. The van der Waals surface area contributed by atoms with Crippen LogP contribution in [0.1, 0.15) is 29.8 Å². The van der Waals surface area contributed by atoms with E-state index in [1.54, 1.807) is 13.8 Å². The quantitative estimate of drug-likeness (QED) is 0.796. The van der Waals surface area contributed by atoms with Crippen LogP contribution in [-0.4, -0.2) is 12.9 Å². The van der Waals surface area contributed by atoms with Crippen molar-refractivity contribution in [3.63, 3.8) is 0 Å². The second-order valence-corrected chi connectivity index (χ2v) is 4.37. The monoisotopic (exact) mass is 286 g/mol. The third kappa shape index (κ3) is 2.26. The van der Waals surface area contributed by atoms with Crippen LogP contribution in [0.5, 0.6) is 5.75 Å². The maximum absolute atomic E-state index is 13.8. The van der Waals surface area contributed by atoms with Crippen LogP contribution < -0.4 is 4.74 Å². The average Bonchev–Trinajstić information content (AvgIpc) is 2.82. The molecule has 102 valence electrons. The number of aldehydes is 1. The third-order valence-electron chi connectivity index (χ3n) is 2.74. The van der Waals surface area contributed by atoms with Gasteiger partial charge in [-0.1, -0.05) is 11.6 Å². The number of carbonyl (C=O) groups excluding carboxylic acids is 1. The number of benzene rings is 1. The van der Waals surface area contributed by atoms with Crippen LogP contribution in [0.2, 0.25) is 5.02 Å². The van der Waals surface area contributed by atoms with E-state index in [4.69, 9.17) is 25.8 Å². The first-order valence-corrected chi connectivity index (χ1v) is 6.02. The van der Waals surface area contributed by atoms with E-state index >= 15 is 0 Å². The average molecular weight is 287 g/mol. The molecule has 6 heteroatoms. The van der Waals surface area contributed by atoms with Gasteiger partial charge in [0.15, 0.2) is 12.1 Å². The van der Waals surface area contributed by atoms with Crippen LogP contribution in [0.3, 0.4) is 0 Å². The van der Waals surface area contributed by atoms with Gasteiger partial charge >= 0.3 is 0 Å². The largest absolute Gasteiger partial charge is 0.492 e. The molecule has 4 nitrogen and oxygen atoms in total. The van der Waals surface area contributed by atoms with E-state index in [2.05, 4.69) is 0 Å². The highest BCUT2D eigenvalue weighted by molar-refractivity contribution is 6.31. The van der Waals surface area contributed by atoms with Gasteiger partial charge in [-0.2, -0.15) is 0 Å². The zero-order valence-corrected chi connectivity index (χ0v) is 11.2. The number of hydrogen-bond acceptors (Lipinski definition) is 4. The predicted molar refractivity (Wildman–Crippen MR) is 66.6 cm³/mol. The lowest BCUT2D eigenvalue weighted by Crippen LogP contribution is -2.24. The molecule has 1 aromatic carbocycles. The minimum Gasteiger partial charge on any atom is -0.492 e. The van der Waals surface area contributed by atoms with Crippen LogP contribution in [0.25, 0.3) is 0 Å². The van der Waals surface area contributed by atoms with Gasteiger partial charge in [-0.05, 0) is 13.0 Å². The first kappa shape index (κ1) is 13.7. The Morgan fingerprint density at radius 3 is 2.63 bits per heavy atom. The molecule has 0 saturated carbocycles. The van der Waals surface area contributed by atoms with E-state index in [-0.39, 0.29) is 22.9 Å². The van der Waals surface area contributed by atoms with Crippen molar-refractivity contribution in [3.8, 4) is 5.75 Å². The summed E-state index contributed by atoms with van der Waals surface area (Å²) in [6, 6.07) is 1.34. The summed E-state index contributed by atoms with van der Waals surface area (Å²) >= 11 is 5.79. The van der Waals surface area contributed by atoms with Gasteiger partial charge < -0.3 is 14.2 Å². The van der Waals surface area contributed by atoms with Gasteiger partial charge in [-0.3, -0.25) is 4.79 Å². The Morgan fingerprint density at radius 1 is 1.47 bits per heavy atom. The molecule has 0 N–H and O–H groups in total. The molecule has 0 bridgehead atoms. The van der Waals surface area contributed by atoms with E-state index in [1.165, 1.54) is 18.6 Å². The molecule has 1 aromatic rings. The van der Waals surface area contributed by atoms with E-state index in [1.807, 2.05) is 0 Å². The lowest BCUT2D eigenvalue weighted by molar-refractivity contribution is -0.134. The molecule has 1 aliphatic heterocycles. The van der Waals surface area contributed by atoms with Gasteiger partial charge in [-0.25, -0.2) is 4.39 Å². The molecule has 0 spiro atoms. The molecule has 19 heavy (non-hydrogen) atoms. The Hall–Kier alpha value is -1.75. The molecule has 0 amide bonds. The standard InChI is InChI=1S/C13H12ClFO4/c1-3-17-12-8(7-16)11(15)10(14)6-9(12)13(2)18-4-5-19-13/h4-7H,3H2,1-2H3. The Kier molecular flexibility index (Phi) is 3.66. The molecule has 0 saturated heterocycles. The number of halogens is 2. The molecule has 0 unspecified atom stereocenters. The second-order valence-electron chi connectivity index (χ2n) is 3.97. The molecule has 0 atom stereocenters. The Balaban J connectivity index is 2.65. The minimum absolute atomic E-state index is 0.0746. The van der Waals surface area contributed by atoms with Crippen molar-refractivity contribution in [1.82, 2.24) is 0 Å². The first-order chi connectivity index (χ1) is 9.03. The van der Waals surface area contributed by atoms with Gasteiger partial charge in [0, 0.05) is 6.92 Å². The summed E-state index contributed by atoms with van der Waals surface area (Å²) in [6.07, 6.45) is 3.07. The van der Waals surface area contributed by atoms with Crippen LogP contribution in [0.4, 0.5) is 4.39 Å². The predicted octanol–water partition coefficient (Wildman–Crippen LogP) is 3.38. The summed E-state index contributed by atoms with van der Waals surface area (Å²) in [6.45, 7) is 3.61. The number of hydrogen-bond donors (Lipinski definition) is 0. The highest BCUT2D eigenvalue weighted by Gasteiger charge is 2.38. The number of carbonyl (C=O) groups is 1. The van der Waals surface area contributed by atoms with Crippen molar-refractivity contribution in [1.29, 1.82) is 0 Å². The summed E-state index contributed by atoms with van der Waals surface area (Å²) in [5, 5.41) is -0.194. The molecule has 0 fully saturated rings. The zero-order valence-electron chi connectivity index (χ0n) is 10.4. The van der Waals surface area contributed by atoms with E-state index in [9.17, 15) is 9.18 Å². The van der Waals surface area contributed by atoms with Gasteiger partial charge in [0.1, 0.15) is 18.3 Å². The summed E-state index contributed by atoms with van der Waals surface area (Å²) in [5.74, 6) is -1.94. The van der Waals surface area contributed by atoms with Crippen molar-refractivity contribution >= 4 is 17.9 Å². The van der Waals surface area contributed by atoms with Crippen molar-refractivity contribution in [3.05, 3.63) is 40.6 Å².